The van der Waals surface area contributed by atoms with Crippen molar-refractivity contribution < 1.29 is 0 Å². The van der Waals surface area contributed by atoms with Gasteiger partial charge in [-0.3, -0.25) is 0 Å². The molecule has 3 aromatic rings. The van der Waals surface area contributed by atoms with Crippen LogP contribution in [0.4, 0.5) is 11.5 Å². The Morgan fingerprint density at radius 1 is 1.16 bits per heavy atom. The summed E-state index contributed by atoms with van der Waals surface area (Å²) in [7, 11) is 0. The Labute approximate surface area is 135 Å². The third-order valence-electron chi connectivity index (χ3n) is 2.46. The van der Waals surface area contributed by atoms with Gasteiger partial charge in [0, 0.05) is 8.95 Å². The molecule has 7 heteroatoms. The molecule has 3 rings (SSSR count). The number of nitrogens with zero attached hydrogens (tertiary/aromatic N) is 2. The minimum atomic E-state index is 0.236. The van der Waals surface area contributed by atoms with Crippen LogP contribution in [0.15, 0.2) is 38.6 Å². The van der Waals surface area contributed by atoms with Crippen LogP contribution in [-0.2, 0) is 0 Å². The van der Waals surface area contributed by atoms with E-state index in [2.05, 4.69) is 47.1 Å². The fraction of sp³-hybridized carbons (Fsp3) is 0. The number of fused-ring (bicyclic) bond motifs is 1. The molecule has 0 radical (unpaired) electrons. The van der Waals surface area contributed by atoms with Crippen molar-refractivity contribution >= 4 is 76.5 Å². The molecule has 0 atom stereocenters. The van der Waals surface area contributed by atoms with Crippen molar-refractivity contribution in [3.05, 3.63) is 43.9 Å². The lowest BCUT2D eigenvalue weighted by molar-refractivity contribution is 1.22. The normalized spacial score (nSPS) is 10.9. The molecular formula is C12H6Br2ClN3S. The molecule has 2 heterocycles. The van der Waals surface area contributed by atoms with Gasteiger partial charge in [0.2, 0.25) is 5.28 Å². The number of hydrogen-bond acceptors (Lipinski definition) is 4. The summed E-state index contributed by atoms with van der Waals surface area (Å²) >= 11 is 14.5. The lowest BCUT2D eigenvalue weighted by Gasteiger charge is -2.09. The van der Waals surface area contributed by atoms with Gasteiger partial charge >= 0.3 is 0 Å². The minimum Gasteiger partial charge on any atom is -0.338 e. The second-order valence-corrected chi connectivity index (χ2v) is 6.75. The van der Waals surface area contributed by atoms with E-state index < -0.39 is 0 Å². The quantitative estimate of drug-likeness (QED) is 0.549. The zero-order valence-electron chi connectivity index (χ0n) is 9.32. The maximum atomic E-state index is 5.94. The van der Waals surface area contributed by atoms with Crippen LogP contribution in [0.1, 0.15) is 0 Å². The Morgan fingerprint density at radius 3 is 2.84 bits per heavy atom. The van der Waals surface area contributed by atoms with E-state index >= 15 is 0 Å². The lowest BCUT2D eigenvalue weighted by atomic mass is 10.3. The van der Waals surface area contributed by atoms with Crippen LogP contribution >= 0.6 is 54.8 Å². The molecule has 0 aliphatic carbocycles. The first-order valence-electron chi connectivity index (χ1n) is 5.26. The summed E-state index contributed by atoms with van der Waals surface area (Å²) in [6.07, 6.45) is 0. The Bertz CT molecular complexity index is 760. The van der Waals surface area contributed by atoms with Crippen molar-refractivity contribution in [2.45, 2.75) is 0 Å². The predicted molar refractivity (Wildman–Crippen MR) is 87.5 cm³/mol. The molecule has 0 bridgehead atoms. The number of nitrogens with one attached hydrogen (secondary N) is 1. The Balaban J connectivity index is 2.10. The zero-order valence-corrected chi connectivity index (χ0v) is 14.1. The number of rotatable bonds is 2. The largest absolute Gasteiger partial charge is 0.338 e. The van der Waals surface area contributed by atoms with Gasteiger partial charge in [-0.2, -0.15) is 4.98 Å². The van der Waals surface area contributed by atoms with Crippen molar-refractivity contribution in [2.75, 3.05) is 5.32 Å². The molecule has 96 valence electrons. The molecule has 0 aliphatic heterocycles. The highest BCUT2D eigenvalue weighted by Gasteiger charge is 2.10. The fourth-order valence-electron chi connectivity index (χ4n) is 1.64. The number of aromatic nitrogens is 2. The van der Waals surface area contributed by atoms with E-state index in [1.807, 2.05) is 29.6 Å². The summed E-state index contributed by atoms with van der Waals surface area (Å²) < 4.78 is 2.92. The van der Waals surface area contributed by atoms with Crippen LogP contribution in [0.2, 0.25) is 5.28 Å². The fourth-order valence-corrected chi connectivity index (χ4v) is 3.30. The third-order valence-corrected chi connectivity index (χ3v) is 4.72. The summed E-state index contributed by atoms with van der Waals surface area (Å²) in [5.41, 5.74) is 1.76. The number of benzene rings is 1. The molecule has 0 unspecified atom stereocenters. The number of thiophene rings is 1. The van der Waals surface area contributed by atoms with Gasteiger partial charge in [0.15, 0.2) is 5.82 Å². The van der Waals surface area contributed by atoms with Crippen molar-refractivity contribution in [1.29, 1.82) is 0 Å². The van der Waals surface area contributed by atoms with Gasteiger partial charge in [0.05, 0.1) is 15.9 Å². The predicted octanol–water partition coefficient (Wildman–Crippen LogP) is 5.61. The molecule has 0 saturated heterocycles. The van der Waals surface area contributed by atoms with Gasteiger partial charge in [-0.05, 0) is 57.2 Å². The van der Waals surface area contributed by atoms with E-state index in [-0.39, 0.29) is 5.28 Å². The van der Waals surface area contributed by atoms with E-state index in [1.54, 1.807) is 11.3 Å². The van der Waals surface area contributed by atoms with E-state index in [0.717, 1.165) is 24.8 Å². The molecular weight excluding hydrogens is 413 g/mol. The molecule has 3 nitrogen and oxygen atoms in total. The molecule has 19 heavy (non-hydrogen) atoms. The monoisotopic (exact) mass is 417 g/mol. The summed E-state index contributed by atoms with van der Waals surface area (Å²) in [5.74, 6) is 0.712. The number of hydrogen-bond donors (Lipinski definition) is 1. The van der Waals surface area contributed by atoms with Crippen LogP contribution < -0.4 is 5.32 Å². The van der Waals surface area contributed by atoms with Gasteiger partial charge in [0.1, 0.15) is 0 Å². The molecule has 1 N–H and O–H groups in total. The van der Waals surface area contributed by atoms with Crippen LogP contribution in [0.25, 0.3) is 10.2 Å². The molecule has 0 amide bonds. The second kappa shape index (κ2) is 5.36. The third kappa shape index (κ3) is 2.76. The van der Waals surface area contributed by atoms with E-state index in [0.29, 0.717) is 5.82 Å². The van der Waals surface area contributed by atoms with Gasteiger partial charge in [-0.15, -0.1) is 11.3 Å². The first kappa shape index (κ1) is 13.3. The van der Waals surface area contributed by atoms with Gasteiger partial charge < -0.3 is 5.32 Å². The van der Waals surface area contributed by atoms with Crippen molar-refractivity contribution in [1.82, 2.24) is 9.97 Å². The van der Waals surface area contributed by atoms with Gasteiger partial charge in [0.25, 0.3) is 0 Å². The zero-order chi connectivity index (χ0) is 13.4. The Kier molecular flexibility index (Phi) is 3.75. The average molecular weight is 420 g/mol. The molecule has 0 spiro atoms. The van der Waals surface area contributed by atoms with Crippen molar-refractivity contribution in [3.8, 4) is 0 Å². The molecule has 0 saturated carbocycles. The first-order chi connectivity index (χ1) is 9.13. The highest BCUT2D eigenvalue weighted by atomic mass is 79.9. The second-order valence-electron chi connectivity index (χ2n) is 3.73. The topological polar surface area (TPSA) is 37.8 Å². The van der Waals surface area contributed by atoms with Crippen LogP contribution in [0.3, 0.4) is 0 Å². The molecule has 0 fully saturated rings. The maximum Gasteiger partial charge on any atom is 0.224 e. The van der Waals surface area contributed by atoms with Crippen LogP contribution in [-0.4, -0.2) is 9.97 Å². The minimum absolute atomic E-state index is 0.236. The highest BCUT2D eigenvalue weighted by Crippen LogP contribution is 2.33. The number of halogens is 3. The summed E-state index contributed by atoms with van der Waals surface area (Å²) in [6, 6.07) is 7.82. The first-order valence-corrected chi connectivity index (χ1v) is 8.10. The van der Waals surface area contributed by atoms with E-state index in [9.17, 15) is 0 Å². The Morgan fingerprint density at radius 2 is 2.00 bits per heavy atom. The smallest absolute Gasteiger partial charge is 0.224 e. The van der Waals surface area contributed by atoms with Crippen molar-refractivity contribution in [2.24, 2.45) is 0 Å². The summed E-state index contributed by atoms with van der Waals surface area (Å²) in [6.45, 7) is 0. The van der Waals surface area contributed by atoms with Crippen LogP contribution in [0.5, 0.6) is 0 Å². The summed E-state index contributed by atoms with van der Waals surface area (Å²) in [4.78, 5) is 8.44. The molecule has 0 aliphatic rings. The van der Waals surface area contributed by atoms with E-state index in [4.69, 9.17) is 11.6 Å². The SMILES string of the molecule is Clc1nc(Nc2cc(Br)ccc2Br)c2sccc2n1. The molecule has 2 aromatic heterocycles. The van der Waals surface area contributed by atoms with Gasteiger partial charge in [-0.1, -0.05) is 15.9 Å². The average Bonchev–Trinajstić information content (AvgIpc) is 2.82. The van der Waals surface area contributed by atoms with Crippen molar-refractivity contribution in [3.63, 3.8) is 0 Å². The lowest BCUT2D eigenvalue weighted by Crippen LogP contribution is -1.96. The summed E-state index contributed by atoms with van der Waals surface area (Å²) in [5, 5.41) is 5.49. The standard InChI is InChI=1S/C12H6Br2ClN3S/c13-6-1-2-7(14)9(5-6)16-11-10-8(3-4-19-10)17-12(15)18-11/h1-5H,(H,16,17,18). The van der Waals surface area contributed by atoms with Gasteiger partial charge in [-0.25, -0.2) is 4.98 Å². The van der Waals surface area contributed by atoms with E-state index in [1.165, 1.54) is 0 Å². The number of anilines is 2. The molecule has 1 aromatic carbocycles. The highest BCUT2D eigenvalue weighted by molar-refractivity contribution is 9.11. The van der Waals surface area contributed by atoms with Crippen LogP contribution in [0, 0.1) is 0 Å². The Hall–Kier alpha value is -0.690. The maximum absolute atomic E-state index is 5.94.